The van der Waals surface area contributed by atoms with Gasteiger partial charge in [0.05, 0.1) is 0 Å². The Labute approximate surface area is 68.5 Å². The van der Waals surface area contributed by atoms with Crippen LogP contribution in [0, 0.1) is 11.3 Å². The predicted molar refractivity (Wildman–Crippen MR) is 46.3 cm³/mol. The molecule has 0 amide bonds. The third kappa shape index (κ3) is 1.24. The van der Waals surface area contributed by atoms with E-state index in [-0.39, 0.29) is 5.41 Å². The van der Waals surface area contributed by atoms with Gasteiger partial charge in [-0.25, -0.2) is 0 Å². The van der Waals surface area contributed by atoms with Crippen LogP contribution >= 0.6 is 0 Å². The largest absolute Gasteiger partial charge is 0.299 e. The van der Waals surface area contributed by atoms with Gasteiger partial charge >= 0.3 is 0 Å². The first-order valence-electron chi connectivity index (χ1n) is 4.28. The molecule has 1 heteroatoms. The van der Waals surface area contributed by atoms with E-state index in [0.29, 0.717) is 11.7 Å². The molecule has 2 unspecified atom stereocenters. The molecule has 11 heavy (non-hydrogen) atoms. The summed E-state index contributed by atoms with van der Waals surface area (Å²) >= 11 is 0. The van der Waals surface area contributed by atoms with Crippen LogP contribution in [0.1, 0.15) is 33.1 Å². The third-order valence-electron chi connectivity index (χ3n) is 3.09. The lowest BCUT2D eigenvalue weighted by Gasteiger charge is -2.35. The normalized spacial score (nSPS) is 38.7. The molecular weight excluding hydrogens is 136 g/mol. The van der Waals surface area contributed by atoms with Crippen molar-refractivity contribution in [3.8, 4) is 0 Å². The van der Waals surface area contributed by atoms with Crippen LogP contribution in [-0.2, 0) is 4.79 Å². The van der Waals surface area contributed by atoms with Gasteiger partial charge in [-0.05, 0) is 25.7 Å². The van der Waals surface area contributed by atoms with Crippen LogP contribution in [-0.4, -0.2) is 5.78 Å². The van der Waals surface area contributed by atoms with Crippen molar-refractivity contribution in [1.29, 1.82) is 0 Å². The minimum absolute atomic E-state index is 0.238. The molecule has 2 atom stereocenters. The Morgan fingerprint density at radius 1 is 1.73 bits per heavy atom. The van der Waals surface area contributed by atoms with E-state index in [0.717, 1.165) is 19.3 Å². The Hall–Kier alpha value is -0.590. The Kier molecular flexibility index (Phi) is 2.17. The first-order chi connectivity index (χ1) is 5.11. The maximum atomic E-state index is 11.5. The molecule has 1 nitrogen and oxygen atoms in total. The third-order valence-corrected chi connectivity index (χ3v) is 3.09. The molecule has 0 radical (unpaired) electrons. The van der Waals surface area contributed by atoms with Crippen molar-refractivity contribution in [3.05, 3.63) is 12.7 Å². The predicted octanol–water partition coefficient (Wildman–Crippen LogP) is 2.57. The second-order valence-electron chi connectivity index (χ2n) is 3.70. The van der Waals surface area contributed by atoms with Gasteiger partial charge in [0, 0.05) is 11.8 Å². The van der Waals surface area contributed by atoms with Gasteiger partial charge in [0.15, 0.2) is 0 Å². The maximum absolute atomic E-state index is 11.5. The zero-order chi connectivity index (χ0) is 8.48. The zero-order valence-corrected chi connectivity index (χ0v) is 7.39. The van der Waals surface area contributed by atoms with E-state index >= 15 is 0 Å². The van der Waals surface area contributed by atoms with Crippen molar-refractivity contribution in [2.45, 2.75) is 33.1 Å². The van der Waals surface area contributed by atoms with Crippen LogP contribution in [0.3, 0.4) is 0 Å². The second kappa shape index (κ2) is 2.80. The highest BCUT2D eigenvalue weighted by Gasteiger charge is 2.37. The Balaban J connectivity index is 2.86. The summed E-state index contributed by atoms with van der Waals surface area (Å²) in [6, 6.07) is 0. The number of hydrogen-bond acceptors (Lipinski definition) is 1. The Morgan fingerprint density at radius 3 is 2.73 bits per heavy atom. The molecule has 1 saturated carbocycles. The van der Waals surface area contributed by atoms with Crippen molar-refractivity contribution >= 4 is 5.78 Å². The molecule has 0 aromatic rings. The number of rotatable bonds is 1. The minimum Gasteiger partial charge on any atom is -0.299 e. The molecule has 0 saturated heterocycles. The average molecular weight is 152 g/mol. The highest BCUT2D eigenvalue weighted by atomic mass is 16.1. The van der Waals surface area contributed by atoms with E-state index in [2.05, 4.69) is 13.5 Å². The first-order valence-corrected chi connectivity index (χ1v) is 4.28. The number of hydrogen-bond donors (Lipinski definition) is 0. The SMILES string of the molecule is C=CC1(C)C(=O)CCCC1C. The van der Waals surface area contributed by atoms with Crippen LogP contribution < -0.4 is 0 Å². The molecule has 1 aliphatic rings. The Morgan fingerprint density at radius 2 is 2.36 bits per heavy atom. The molecule has 62 valence electrons. The van der Waals surface area contributed by atoms with Gasteiger partial charge in [0.25, 0.3) is 0 Å². The van der Waals surface area contributed by atoms with Crippen LogP contribution in [0.25, 0.3) is 0 Å². The number of carbonyl (C=O) groups excluding carboxylic acids is 1. The van der Waals surface area contributed by atoms with Crippen LogP contribution in [0.15, 0.2) is 12.7 Å². The smallest absolute Gasteiger partial charge is 0.142 e. The molecule has 0 heterocycles. The fourth-order valence-electron chi connectivity index (χ4n) is 1.73. The summed E-state index contributed by atoms with van der Waals surface area (Å²) in [5.41, 5.74) is -0.238. The van der Waals surface area contributed by atoms with Gasteiger partial charge in [0.2, 0.25) is 0 Å². The Bertz CT molecular complexity index is 183. The van der Waals surface area contributed by atoms with Crippen molar-refractivity contribution in [2.75, 3.05) is 0 Å². The number of allylic oxidation sites excluding steroid dienone is 1. The summed E-state index contributed by atoms with van der Waals surface area (Å²) in [5.74, 6) is 0.840. The van der Waals surface area contributed by atoms with Gasteiger partial charge < -0.3 is 0 Å². The molecule has 0 aliphatic heterocycles. The fraction of sp³-hybridized carbons (Fsp3) is 0.700. The molecule has 0 aromatic carbocycles. The monoisotopic (exact) mass is 152 g/mol. The van der Waals surface area contributed by atoms with E-state index in [4.69, 9.17) is 0 Å². The van der Waals surface area contributed by atoms with E-state index in [1.807, 2.05) is 13.0 Å². The molecule has 0 N–H and O–H groups in total. The van der Waals surface area contributed by atoms with Gasteiger partial charge in [-0.3, -0.25) is 4.79 Å². The van der Waals surface area contributed by atoms with Gasteiger partial charge in [0.1, 0.15) is 5.78 Å². The summed E-state index contributed by atoms with van der Waals surface area (Å²) in [6.07, 6.45) is 4.78. The summed E-state index contributed by atoms with van der Waals surface area (Å²) in [6.45, 7) is 7.88. The van der Waals surface area contributed by atoms with E-state index in [1.54, 1.807) is 0 Å². The van der Waals surface area contributed by atoms with E-state index in [9.17, 15) is 4.79 Å². The molecular formula is C10H16O. The quantitative estimate of drug-likeness (QED) is 0.528. The van der Waals surface area contributed by atoms with Crippen LogP contribution in [0.2, 0.25) is 0 Å². The highest BCUT2D eigenvalue weighted by molar-refractivity contribution is 5.87. The van der Waals surface area contributed by atoms with E-state index < -0.39 is 0 Å². The maximum Gasteiger partial charge on any atom is 0.142 e. The van der Waals surface area contributed by atoms with Crippen LogP contribution in [0.4, 0.5) is 0 Å². The number of Topliss-reactive ketones (excluding diaryl/α,β-unsaturated/α-hetero) is 1. The lowest BCUT2D eigenvalue weighted by Crippen LogP contribution is -2.35. The van der Waals surface area contributed by atoms with E-state index in [1.165, 1.54) is 0 Å². The van der Waals surface area contributed by atoms with Crippen LogP contribution in [0.5, 0.6) is 0 Å². The summed E-state index contributed by atoms with van der Waals surface area (Å²) in [4.78, 5) is 11.5. The fourth-order valence-corrected chi connectivity index (χ4v) is 1.73. The number of ketones is 1. The summed E-state index contributed by atoms with van der Waals surface area (Å²) in [7, 11) is 0. The number of carbonyl (C=O) groups is 1. The summed E-state index contributed by atoms with van der Waals surface area (Å²) in [5, 5.41) is 0. The first kappa shape index (κ1) is 8.51. The molecule has 1 aliphatic carbocycles. The highest BCUT2D eigenvalue weighted by Crippen LogP contribution is 2.38. The molecule has 0 bridgehead atoms. The molecule has 0 aromatic heterocycles. The lowest BCUT2D eigenvalue weighted by atomic mass is 9.68. The summed E-state index contributed by atoms with van der Waals surface area (Å²) < 4.78 is 0. The lowest BCUT2D eigenvalue weighted by molar-refractivity contribution is -0.130. The van der Waals surface area contributed by atoms with Gasteiger partial charge in [-0.1, -0.05) is 13.0 Å². The standard InChI is InChI=1S/C10H16O/c1-4-10(3)8(2)6-5-7-9(10)11/h4,8H,1,5-7H2,2-3H3. The zero-order valence-electron chi connectivity index (χ0n) is 7.39. The van der Waals surface area contributed by atoms with Gasteiger partial charge in [-0.15, -0.1) is 6.58 Å². The molecule has 0 spiro atoms. The minimum atomic E-state index is -0.238. The topological polar surface area (TPSA) is 17.1 Å². The molecule has 1 rings (SSSR count). The van der Waals surface area contributed by atoms with Crippen molar-refractivity contribution in [2.24, 2.45) is 11.3 Å². The van der Waals surface area contributed by atoms with Crippen molar-refractivity contribution < 1.29 is 4.79 Å². The van der Waals surface area contributed by atoms with Crippen molar-refractivity contribution in [3.63, 3.8) is 0 Å². The second-order valence-corrected chi connectivity index (χ2v) is 3.70. The van der Waals surface area contributed by atoms with Gasteiger partial charge in [-0.2, -0.15) is 0 Å². The molecule has 1 fully saturated rings. The van der Waals surface area contributed by atoms with Crippen molar-refractivity contribution in [1.82, 2.24) is 0 Å². The average Bonchev–Trinajstić information content (AvgIpc) is 2.00.